The molecule has 0 aromatic heterocycles. The molecule has 2 rings (SSSR count). The minimum atomic E-state index is -4.77. The second-order valence-electron chi connectivity index (χ2n) is 3.81. The molecule has 0 aliphatic carbocycles. The maximum atomic E-state index is 12.2. The first kappa shape index (κ1) is 15.3. The van der Waals surface area contributed by atoms with Crippen molar-refractivity contribution >= 4 is 34.8 Å². The predicted molar refractivity (Wildman–Crippen MR) is 73.6 cm³/mol. The van der Waals surface area contributed by atoms with Crippen molar-refractivity contribution in [3.63, 3.8) is 0 Å². The van der Waals surface area contributed by atoms with Gasteiger partial charge in [-0.2, -0.15) is 0 Å². The molecular formula is C13H6Cl3F3O. The van der Waals surface area contributed by atoms with Crippen LogP contribution in [0.4, 0.5) is 13.2 Å². The first-order valence-corrected chi connectivity index (χ1v) is 6.40. The van der Waals surface area contributed by atoms with Crippen molar-refractivity contribution in [2.45, 2.75) is 6.36 Å². The Kier molecular flexibility index (Phi) is 4.37. The number of benzene rings is 2. The van der Waals surface area contributed by atoms with Gasteiger partial charge in [0.25, 0.3) is 0 Å². The summed E-state index contributed by atoms with van der Waals surface area (Å²) in [6, 6.07) is 8.20. The van der Waals surface area contributed by atoms with Crippen LogP contribution >= 0.6 is 34.8 Å². The lowest BCUT2D eigenvalue weighted by molar-refractivity contribution is -0.274. The van der Waals surface area contributed by atoms with Crippen LogP contribution in [-0.2, 0) is 0 Å². The van der Waals surface area contributed by atoms with E-state index in [2.05, 4.69) is 4.74 Å². The third-order valence-electron chi connectivity index (χ3n) is 2.39. The molecular weight excluding hydrogens is 335 g/mol. The van der Waals surface area contributed by atoms with E-state index in [-0.39, 0.29) is 10.8 Å². The zero-order valence-electron chi connectivity index (χ0n) is 9.64. The summed E-state index contributed by atoms with van der Waals surface area (Å²) < 4.78 is 40.5. The van der Waals surface area contributed by atoms with Crippen LogP contribution in [0.5, 0.6) is 5.75 Å². The highest BCUT2D eigenvalue weighted by Crippen LogP contribution is 2.38. The van der Waals surface area contributed by atoms with Crippen molar-refractivity contribution in [3.8, 4) is 16.9 Å². The molecule has 0 heterocycles. The number of alkyl halides is 3. The average Bonchev–Trinajstić information content (AvgIpc) is 2.33. The Labute approximate surface area is 127 Å². The molecule has 0 fully saturated rings. The largest absolute Gasteiger partial charge is 0.573 e. The fraction of sp³-hybridized carbons (Fsp3) is 0.0769. The van der Waals surface area contributed by atoms with E-state index in [4.69, 9.17) is 34.8 Å². The number of hydrogen-bond donors (Lipinski definition) is 0. The second-order valence-corrected chi connectivity index (χ2v) is 5.06. The lowest BCUT2D eigenvalue weighted by atomic mass is 10.1. The smallest absolute Gasteiger partial charge is 0.406 e. The molecule has 0 N–H and O–H groups in total. The lowest BCUT2D eigenvalue weighted by Gasteiger charge is -2.12. The average molecular weight is 342 g/mol. The summed E-state index contributed by atoms with van der Waals surface area (Å²) in [6.45, 7) is 0. The molecule has 0 saturated heterocycles. The van der Waals surface area contributed by atoms with Crippen molar-refractivity contribution in [3.05, 3.63) is 51.5 Å². The van der Waals surface area contributed by atoms with Crippen LogP contribution in [0, 0.1) is 0 Å². The molecule has 0 aliphatic rings. The van der Waals surface area contributed by atoms with Gasteiger partial charge in [-0.05, 0) is 36.4 Å². The van der Waals surface area contributed by atoms with E-state index in [1.54, 1.807) is 6.07 Å². The van der Waals surface area contributed by atoms with Crippen LogP contribution in [0.3, 0.4) is 0 Å². The third kappa shape index (κ3) is 3.72. The third-order valence-corrected chi connectivity index (χ3v) is 3.28. The van der Waals surface area contributed by atoms with Crippen LogP contribution in [0.2, 0.25) is 15.1 Å². The van der Waals surface area contributed by atoms with Crippen molar-refractivity contribution in [2.24, 2.45) is 0 Å². The second kappa shape index (κ2) is 5.72. The van der Waals surface area contributed by atoms with Gasteiger partial charge in [-0.3, -0.25) is 0 Å². The lowest BCUT2D eigenvalue weighted by Crippen LogP contribution is -2.17. The first-order valence-electron chi connectivity index (χ1n) is 5.27. The molecule has 0 unspecified atom stereocenters. The van der Waals surface area contributed by atoms with E-state index in [1.807, 2.05) is 0 Å². The van der Waals surface area contributed by atoms with Gasteiger partial charge in [-0.15, -0.1) is 13.2 Å². The Morgan fingerprint density at radius 3 is 1.95 bits per heavy atom. The molecule has 0 aliphatic heterocycles. The van der Waals surface area contributed by atoms with Crippen molar-refractivity contribution < 1.29 is 17.9 Å². The van der Waals surface area contributed by atoms with E-state index in [9.17, 15) is 13.2 Å². The summed E-state index contributed by atoms with van der Waals surface area (Å²) in [7, 11) is 0. The van der Waals surface area contributed by atoms with Crippen molar-refractivity contribution in [1.29, 1.82) is 0 Å². The summed E-state index contributed by atoms with van der Waals surface area (Å²) >= 11 is 17.8. The van der Waals surface area contributed by atoms with Gasteiger partial charge in [-0.1, -0.05) is 34.8 Å². The highest BCUT2D eigenvalue weighted by Gasteiger charge is 2.31. The maximum absolute atomic E-state index is 12.2. The van der Waals surface area contributed by atoms with Crippen LogP contribution in [0.1, 0.15) is 0 Å². The molecule has 0 radical (unpaired) electrons. The summed E-state index contributed by atoms with van der Waals surface area (Å²) in [5.74, 6) is -0.382. The molecule has 0 spiro atoms. The minimum absolute atomic E-state index is 0.240. The van der Waals surface area contributed by atoms with Gasteiger partial charge >= 0.3 is 6.36 Å². The Morgan fingerprint density at radius 2 is 1.35 bits per heavy atom. The molecule has 20 heavy (non-hydrogen) atoms. The highest BCUT2D eigenvalue weighted by molar-refractivity contribution is 6.37. The Balaban J connectivity index is 2.50. The van der Waals surface area contributed by atoms with Gasteiger partial charge < -0.3 is 4.74 Å². The fourth-order valence-electron chi connectivity index (χ4n) is 1.61. The minimum Gasteiger partial charge on any atom is -0.406 e. The van der Waals surface area contributed by atoms with E-state index < -0.39 is 6.36 Å². The van der Waals surface area contributed by atoms with Gasteiger partial charge in [0.1, 0.15) is 5.75 Å². The zero-order chi connectivity index (χ0) is 14.9. The van der Waals surface area contributed by atoms with E-state index >= 15 is 0 Å². The fourth-order valence-corrected chi connectivity index (χ4v) is 2.22. The molecule has 2 aromatic carbocycles. The summed E-state index contributed by atoms with van der Waals surface area (Å²) in [5, 5.41) is 0.951. The predicted octanol–water partition coefficient (Wildman–Crippen LogP) is 6.21. The number of halogens is 6. The van der Waals surface area contributed by atoms with Crippen molar-refractivity contribution in [1.82, 2.24) is 0 Å². The Hall–Kier alpha value is -1.10. The monoisotopic (exact) mass is 340 g/mol. The Morgan fingerprint density at radius 1 is 0.800 bits per heavy atom. The Bertz CT molecular complexity index is 641. The molecule has 2 aromatic rings. The standard InChI is InChI=1S/C13H6Cl3F3O/c14-7-1-3-11(15)9(5-7)10-6-8(2-4-12(10)16)20-13(17,18)19/h1-6H. The van der Waals surface area contributed by atoms with Crippen LogP contribution in [0.25, 0.3) is 11.1 Å². The van der Waals surface area contributed by atoms with E-state index in [0.717, 1.165) is 12.1 Å². The molecule has 0 amide bonds. The summed E-state index contributed by atoms with van der Waals surface area (Å²) in [5.41, 5.74) is 0.734. The number of hydrogen-bond acceptors (Lipinski definition) is 1. The molecule has 0 atom stereocenters. The van der Waals surface area contributed by atoms with Gasteiger partial charge in [0.2, 0.25) is 0 Å². The topological polar surface area (TPSA) is 9.23 Å². The molecule has 1 nitrogen and oxygen atoms in total. The van der Waals surface area contributed by atoms with Crippen molar-refractivity contribution in [2.75, 3.05) is 0 Å². The van der Waals surface area contributed by atoms with Crippen LogP contribution < -0.4 is 4.74 Å². The molecule has 0 saturated carbocycles. The molecule has 106 valence electrons. The van der Waals surface area contributed by atoms with E-state index in [0.29, 0.717) is 21.2 Å². The molecule has 7 heteroatoms. The molecule has 0 bridgehead atoms. The zero-order valence-corrected chi connectivity index (χ0v) is 11.9. The number of rotatable bonds is 2. The summed E-state index contributed by atoms with van der Waals surface area (Å²) in [4.78, 5) is 0. The quantitative estimate of drug-likeness (QED) is 0.631. The van der Waals surface area contributed by atoms with Crippen LogP contribution in [-0.4, -0.2) is 6.36 Å². The normalized spacial score (nSPS) is 11.5. The highest BCUT2D eigenvalue weighted by atomic mass is 35.5. The summed E-state index contributed by atoms with van der Waals surface area (Å²) in [6.07, 6.45) is -4.77. The SMILES string of the molecule is FC(F)(F)Oc1ccc(Cl)c(-c2cc(Cl)ccc2Cl)c1. The van der Waals surface area contributed by atoms with Gasteiger partial charge in [0.15, 0.2) is 0 Å². The first-order chi connectivity index (χ1) is 9.26. The van der Waals surface area contributed by atoms with E-state index in [1.165, 1.54) is 18.2 Å². The maximum Gasteiger partial charge on any atom is 0.573 e. The number of ether oxygens (including phenoxy) is 1. The van der Waals surface area contributed by atoms with Gasteiger partial charge in [0.05, 0.1) is 0 Å². The van der Waals surface area contributed by atoms with Crippen LogP contribution in [0.15, 0.2) is 36.4 Å². The van der Waals surface area contributed by atoms with Gasteiger partial charge in [-0.25, -0.2) is 0 Å². The van der Waals surface area contributed by atoms with Gasteiger partial charge in [0, 0.05) is 26.2 Å².